The summed E-state index contributed by atoms with van der Waals surface area (Å²) in [6.07, 6.45) is 2.54. The summed E-state index contributed by atoms with van der Waals surface area (Å²) >= 11 is 0. The van der Waals surface area contributed by atoms with E-state index in [2.05, 4.69) is 4.98 Å². The summed E-state index contributed by atoms with van der Waals surface area (Å²) in [4.78, 5) is 4.22. The van der Waals surface area contributed by atoms with Crippen molar-refractivity contribution in [3.8, 4) is 0 Å². The second kappa shape index (κ2) is 6.97. The second-order valence-electron chi connectivity index (χ2n) is 4.25. The second-order valence-corrected chi connectivity index (χ2v) is 4.25. The van der Waals surface area contributed by atoms with E-state index in [0.717, 1.165) is 17.7 Å². The molecule has 3 nitrogen and oxygen atoms in total. The van der Waals surface area contributed by atoms with Crippen LogP contribution in [0, 0.1) is 5.82 Å². The summed E-state index contributed by atoms with van der Waals surface area (Å²) in [6.45, 7) is 1.25. The Hall–Kier alpha value is -1.78. The van der Waals surface area contributed by atoms with Crippen molar-refractivity contribution >= 4 is 0 Å². The van der Waals surface area contributed by atoms with Gasteiger partial charge in [-0.15, -0.1) is 0 Å². The molecule has 0 aliphatic heterocycles. The molecule has 0 radical (unpaired) electrons. The maximum absolute atomic E-state index is 13.3. The van der Waals surface area contributed by atoms with Crippen LogP contribution >= 0.6 is 0 Å². The lowest BCUT2D eigenvalue weighted by molar-refractivity contribution is 0.123. The van der Waals surface area contributed by atoms with Crippen LogP contribution in [0.25, 0.3) is 0 Å². The van der Waals surface area contributed by atoms with Crippen molar-refractivity contribution in [1.29, 1.82) is 0 Å². The highest BCUT2D eigenvalue weighted by Gasteiger charge is 2.02. The van der Waals surface area contributed by atoms with Gasteiger partial charge in [0.2, 0.25) is 0 Å². The zero-order chi connectivity index (χ0) is 13.5. The van der Waals surface area contributed by atoms with Crippen LogP contribution < -0.4 is 5.73 Å². The van der Waals surface area contributed by atoms with Gasteiger partial charge in [0, 0.05) is 30.4 Å². The Morgan fingerprint density at radius 1 is 1.21 bits per heavy atom. The van der Waals surface area contributed by atoms with Crippen molar-refractivity contribution in [3.63, 3.8) is 0 Å². The van der Waals surface area contributed by atoms with Crippen molar-refractivity contribution in [3.05, 3.63) is 65.2 Å². The fourth-order valence-electron chi connectivity index (χ4n) is 1.79. The molecule has 0 bridgehead atoms. The monoisotopic (exact) mass is 260 g/mol. The van der Waals surface area contributed by atoms with Gasteiger partial charge in [-0.05, 0) is 29.8 Å². The van der Waals surface area contributed by atoms with Gasteiger partial charge in [0.25, 0.3) is 0 Å². The predicted octanol–water partition coefficient (Wildman–Crippen LogP) is 2.44. The Kier molecular flexibility index (Phi) is 5.01. The molecule has 0 aliphatic rings. The zero-order valence-corrected chi connectivity index (χ0v) is 10.7. The number of nitrogens with zero attached hydrogens (tertiary/aromatic N) is 1. The lowest BCUT2D eigenvalue weighted by atomic mass is 10.1. The van der Waals surface area contributed by atoms with E-state index in [1.165, 1.54) is 6.07 Å². The number of rotatable bonds is 6. The van der Waals surface area contributed by atoms with Gasteiger partial charge < -0.3 is 10.5 Å². The van der Waals surface area contributed by atoms with Gasteiger partial charge in [0.05, 0.1) is 13.2 Å². The zero-order valence-electron chi connectivity index (χ0n) is 10.7. The Morgan fingerprint density at radius 2 is 2.11 bits per heavy atom. The third-order valence-electron chi connectivity index (χ3n) is 2.83. The maximum atomic E-state index is 13.3. The highest BCUT2D eigenvalue weighted by Crippen LogP contribution is 2.11. The minimum atomic E-state index is -0.264. The third kappa shape index (κ3) is 4.12. The summed E-state index contributed by atoms with van der Waals surface area (Å²) in [7, 11) is 0. The number of benzene rings is 1. The molecule has 2 N–H and O–H groups in total. The smallest absolute Gasteiger partial charge is 0.127 e. The first-order valence-corrected chi connectivity index (χ1v) is 6.24. The van der Waals surface area contributed by atoms with E-state index in [-0.39, 0.29) is 12.4 Å². The molecule has 2 aromatic rings. The number of hydrogen-bond donors (Lipinski definition) is 1. The van der Waals surface area contributed by atoms with Gasteiger partial charge in [0.1, 0.15) is 5.82 Å². The molecular formula is C15H17FN2O. The topological polar surface area (TPSA) is 48.1 Å². The van der Waals surface area contributed by atoms with Gasteiger partial charge in [0.15, 0.2) is 0 Å². The molecule has 0 amide bonds. The predicted molar refractivity (Wildman–Crippen MR) is 71.9 cm³/mol. The number of hydrogen-bond acceptors (Lipinski definition) is 3. The maximum Gasteiger partial charge on any atom is 0.127 e. The number of ether oxygens (including phenoxy) is 1. The van der Waals surface area contributed by atoms with Crippen molar-refractivity contribution in [1.82, 2.24) is 4.98 Å². The Morgan fingerprint density at radius 3 is 2.84 bits per heavy atom. The summed E-state index contributed by atoms with van der Waals surface area (Å²) in [5, 5.41) is 0. The van der Waals surface area contributed by atoms with Crippen LogP contribution in [0.4, 0.5) is 4.39 Å². The number of aromatic nitrogens is 1. The van der Waals surface area contributed by atoms with Gasteiger partial charge in [-0.25, -0.2) is 4.39 Å². The Balaban J connectivity index is 1.80. The minimum absolute atomic E-state index is 0.202. The van der Waals surface area contributed by atoms with Crippen LogP contribution in [-0.2, 0) is 24.3 Å². The molecule has 0 aliphatic carbocycles. The van der Waals surface area contributed by atoms with Crippen molar-refractivity contribution < 1.29 is 9.13 Å². The summed E-state index contributed by atoms with van der Waals surface area (Å²) in [5.74, 6) is -0.264. The number of pyridine rings is 1. The molecule has 2 rings (SSSR count). The molecule has 0 fully saturated rings. The normalized spacial score (nSPS) is 10.6. The van der Waals surface area contributed by atoms with E-state index < -0.39 is 0 Å². The SMILES string of the molecule is NCc1cc(COCCc2ccccn2)ccc1F. The van der Waals surface area contributed by atoms with E-state index in [9.17, 15) is 4.39 Å². The van der Waals surface area contributed by atoms with Gasteiger partial charge in [-0.2, -0.15) is 0 Å². The first-order valence-electron chi connectivity index (χ1n) is 6.24. The van der Waals surface area contributed by atoms with Crippen LogP contribution in [-0.4, -0.2) is 11.6 Å². The molecule has 19 heavy (non-hydrogen) atoms. The Labute approximate surface area is 112 Å². The van der Waals surface area contributed by atoms with E-state index in [1.807, 2.05) is 18.2 Å². The molecule has 100 valence electrons. The fourth-order valence-corrected chi connectivity index (χ4v) is 1.79. The van der Waals surface area contributed by atoms with Gasteiger partial charge in [-0.1, -0.05) is 12.1 Å². The third-order valence-corrected chi connectivity index (χ3v) is 2.83. The Bertz CT molecular complexity index is 517. The molecule has 1 aromatic heterocycles. The molecule has 0 saturated carbocycles. The van der Waals surface area contributed by atoms with E-state index in [4.69, 9.17) is 10.5 Å². The van der Waals surface area contributed by atoms with Crippen molar-refractivity contribution in [2.75, 3.05) is 6.61 Å². The molecule has 0 unspecified atom stereocenters. The molecule has 1 aromatic carbocycles. The molecule has 0 atom stereocenters. The lowest BCUT2D eigenvalue weighted by Gasteiger charge is -2.06. The van der Waals surface area contributed by atoms with Crippen LogP contribution in [0.15, 0.2) is 42.6 Å². The highest BCUT2D eigenvalue weighted by molar-refractivity contribution is 5.24. The van der Waals surface area contributed by atoms with Crippen molar-refractivity contribution in [2.24, 2.45) is 5.73 Å². The van der Waals surface area contributed by atoms with E-state index in [0.29, 0.717) is 18.8 Å². The number of nitrogens with two attached hydrogens (primary N) is 1. The summed E-state index contributed by atoms with van der Waals surface area (Å²) in [5.41, 5.74) is 7.92. The summed E-state index contributed by atoms with van der Waals surface area (Å²) < 4.78 is 18.8. The first-order chi connectivity index (χ1) is 9.29. The average molecular weight is 260 g/mol. The van der Waals surface area contributed by atoms with Gasteiger partial charge >= 0.3 is 0 Å². The number of halogens is 1. The molecule has 1 heterocycles. The fraction of sp³-hybridized carbons (Fsp3) is 0.267. The molecule has 4 heteroatoms. The highest BCUT2D eigenvalue weighted by atomic mass is 19.1. The lowest BCUT2D eigenvalue weighted by Crippen LogP contribution is -2.03. The molecule has 0 spiro atoms. The summed E-state index contributed by atoms with van der Waals surface area (Å²) in [6, 6.07) is 10.7. The molecular weight excluding hydrogens is 243 g/mol. The van der Waals surface area contributed by atoms with Crippen molar-refractivity contribution in [2.45, 2.75) is 19.6 Å². The van der Waals surface area contributed by atoms with Crippen LogP contribution in [0.3, 0.4) is 0 Å². The average Bonchev–Trinajstić information content (AvgIpc) is 2.46. The standard InChI is InChI=1S/C15H17FN2O/c16-15-5-4-12(9-13(15)10-17)11-19-8-6-14-3-1-2-7-18-14/h1-5,7,9H,6,8,10-11,17H2. The van der Waals surface area contributed by atoms with E-state index >= 15 is 0 Å². The first kappa shape index (κ1) is 13.6. The van der Waals surface area contributed by atoms with E-state index in [1.54, 1.807) is 18.3 Å². The quantitative estimate of drug-likeness (QED) is 0.811. The van der Waals surface area contributed by atoms with Crippen LogP contribution in [0.2, 0.25) is 0 Å². The van der Waals surface area contributed by atoms with Crippen LogP contribution in [0.1, 0.15) is 16.8 Å². The minimum Gasteiger partial charge on any atom is -0.376 e. The van der Waals surface area contributed by atoms with Gasteiger partial charge in [-0.3, -0.25) is 4.98 Å². The largest absolute Gasteiger partial charge is 0.376 e. The molecule has 0 saturated heterocycles. The van der Waals surface area contributed by atoms with Crippen LogP contribution in [0.5, 0.6) is 0 Å².